The van der Waals surface area contributed by atoms with E-state index in [0.717, 1.165) is 18.4 Å². The van der Waals surface area contributed by atoms with Crippen LogP contribution in [0.5, 0.6) is 0 Å². The SMILES string of the molecule is O=C(NCc1nccnc1-c1ccco1)C1(c2ccc(F)cc2)CC1. The molecule has 2 heterocycles. The molecule has 0 atom stereocenters. The molecular formula is C19H16FN3O2. The van der Waals surface area contributed by atoms with Crippen LogP contribution in [0.3, 0.4) is 0 Å². The molecule has 0 aliphatic heterocycles. The van der Waals surface area contributed by atoms with E-state index in [0.29, 0.717) is 17.1 Å². The topological polar surface area (TPSA) is 68.0 Å². The average molecular weight is 337 g/mol. The fourth-order valence-corrected chi connectivity index (χ4v) is 2.99. The molecule has 1 saturated carbocycles. The second kappa shape index (κ2) is 6.12. The predicted octanol–water partition coefficient (Wildman–Crippen LogP) is 3.22. The van der Waals surface area contributed by atoms with Gasteiger partial charge in [0.05, 0.1) is 23.9 Å². The highest BCUT2D eigenvalue weighted by atomic mass is 19.1. The summed E-state index contributed by atoms with van der Waals surface area (Å²) in [5.74, 6) is 0.231. The van der Waals surface area contributed by atoms with Crippen molar-refractivity contribution >= 4 is 5.91 Å². The number of nitrogens with zero attached hydrogens (tertiary/aromatic N) is 2. The Morgan fingerprint density at radius 3 is 2.60 bits per heavy atom. The van der Waals surface area contributed by atoms with E-state index in [-0.39, 0.29) is 18.3 Å². The number of furan rings is 1. The van der Waals surface area contributed by atoms with E-state index in [4.69, 9.17) is 4.42 Å². The van der Waals surface area contributed by atoms with Crippen molar-refractivity contribution in [3.8, 4) is 11.5 Å². The van der Waals surface area contributed by atoms with Gasteiger partial charge in [0.2, 0.25) is 5.91 Å². The molecule has 0 radical (unpaired) electrons. The van der Waals surface area contributed by atoms with E-state index < -0.39 is 5.41 Å². The second-order valence-electron chi connectivity index (χ2n) is 6.10. The lowest BCUT2D eigenvalue weighted by Crippen LogP contribution is -2.34. The van der Waals surface area contributed by atoms with E-state index in [1.165, 1.54) is 12.1 Å². The first-order valence-corrected chi connectivity index (χ1v) is 8.07. The zero-order valence-corrected chi connectivity index (χ0v) is 13.4. The van der Waals surface area contributed by atoms with Crippen LogP contribution in [0, 0.1) is 5.82 Å². The van der Waals surface area contributed by atoms with Crippen molar-refractivity contribution in [3.63, 3.8) is 0 Å². The molecule has 5 nitrogen and oxygen atoms in total. The van der Waals surface area contributed by atoms with Gasteiger partial charge in [-0.25, -0.2) is 9.37 Å². The molecule has 1 fully saturated rings. The minimum atomic E-state index is -0.555. The first kappa shape index (κ1) is 15.5. The van der Waals surface area contributed by atoms with Gasteiger partial charge in [-0.3, -0.25) is 9.78 Å². The molecule has 0 unspecified atom stereocenters. The van der Waals surface area contributed by atoms with Crippen LogP contribution in [-0.4, -0.2) is 15.9 Å². The average Bonchev–Trinajstić information content (AvgIpc) is 3.27. The van der Waals surface area contributed by atoms with Crippen molar-refractivity contribution in [2.75, 3.05) is 0 Å². The molecule has 1 aromatic carbocycles. The van der Waals surface area contributed by atoms with Crippen LogP contribution >= 0.6 is 0 Å². The molecule has 0 saturated heterocycles. The first-order chi connectivity index (χ1) is 12.2. The van der Waals surface area contributed by atoms with Crippen molar-refractivity contribution < 1.29 is 13.6 Å². The summed E-state index contributed by atoms with van der Waals surface area (Å²) in [7, 11) is 0. The van der Waals surface area contributed by atoms with Gasteiger partial charge in [0.1, 0.15) is 11.5 Å². The number of benzene rings is 1. The number of nitrogens with one attached hydrogen (secondary N) is 1. The van der Waals surface area contributed by atoms with Crippen LogP contribution < -0.4 is 5.32 Å². The highest BCUT2D eigenvalue weighted by molar-refractivity contribution is 5.91. The number of halogens is 1. The molecule has 3 aromatic rings. The lowest BCUT2D eigenvalue weighted by atomic mass is 9.95. The van der Waals surface area contributed by atoms with Crippen LogP contribution in [0.15, 0.2) is 59.5 Å². The molecule has 6 heteroatoms. The lowest BCUT2D eigenvalue weighted by Gasteiger charge is -2.16. The molecular weight excluding hydrogens is 321 g/mol. The summed E-state index contributed by atoms with van der Waals surface area (Å²) >= 11 is 0. The minimum Gasteiger partial charge on any atom is -0.463 e. The second-order valence-corrected chi connectivity index (χ2v) is 6.10. The predicted molar refractivity (Wildman–Crippen MR) is 88.9 cm³/mol. The maximum atomic E-state index is 13.1. The largest absolute Gasteiger partial charge is 0.463 e. The van der Waals surface area contributed by atoms with Crippen molar-refractivity contribution in [2.45, 2.75) is 24.8 Å². The van der Waals surface area contributed by atoms with Crippen LogP contribution in [0.1, 0.15) is 24.1 Å². The van der Waals surface area contributed by atoms with Crippen LogP contribution in [0.25, 0.3) is 11.5 Å². The van der Waals surface area contributed by atoms with Gasteiger partial charge >= 0.3 is 0 Å². The Hall–Kier alpha value is -3.02. The Morgan fingerprint density at radius 2 is 1.92 bits per heavy atom. The molecule has 1 N–H and O–H groups in total. The standard InChI is InChI=1S/C19H16FN3O2/c20-14-5-3-13(4-6-14)19(7-8-19)18(24)23-12-15-17(22-10-9-21-15)16-2-1-11-25-16/h1-6,9-11H,7-8,12H2,(H,23,24). The van der Waals surface area contributed by atoms with Crippen molar-refractivity contribution in [1.82, 2.24) is 15.3 Å². The quantitative estimate of drug-likeness (QED) is 0.776. The number of carbonyl (C=O) groups excluding carboxylic acids is 1. The molecule has 1 aliphatic carbocycles. The Labute approximate surface area is 143 Å². The van der Waals surface area contributed by atoms with Gasteiger partial charge in [-0.1, -0.05) is 12.1 Å². The van der Waals surface area contributed by atoms with Gasteiger partial charge in [0.25, 0.3) is 0 Å². The fraction of sp³-hybridized carbons (Fsp3) is 0.211. The van der Waals surface area contributed by atoms with Gasteiger partial charge in [0.15, 0.2) is 5.76 Å². The van der Waals surface area contributed by atoms with E-state index in [9.17, 15) is 9.18 Å². The van der Waals surface area contributed by atoms with E-state index >= 15 is 0 Å². The van der Waals surface area contributed by atoms with Crippen molar-refractivity contribution in [2.24, 2.45) is 0 Å². The summed E-state index contributed by atoms with van der Waals surface area (Å²) < 4.78 is 18.5. The van der Waals surface area contributed by atoms with E-state index in [1.807, 2.05) is 0 Å². The van der Waals surface area contributed by atoms with Gasteiger partial charge in [-0.15, -0.1) is 0 Å². The zero-order valence-electron chi connectivity index (χ0n) is 13.4. The van der Waals surface area contributed by atoms with Crippen molar-refractivity contribution in [1.29, 1.82) is 0 Å². The van der Waals surface area contributed by atoms with Gasteiger partial charge < -0.3 is 9.73 Å². The third-order valence-corrected chi connectivity index (χ3v) is 4.53. The number of carbonyl (C=O) groups is 1. The Balaban J connectivity index is 1.51. The zero-order chi connectivity index (χ0) is 17.3. The molecule has 2 aromatic heterocycles. The highest BCUT2D eigenvalue weighted by Gasteiger charge is 2.51. The minimum absolute atomic E-state index is 0.0739. The van der Waals surface area contributed by atoms with Crippen LogP contribution in [0.2, 0.25) is 0 Å². The summed E-state index contributed by atoms with van der Waals surface area (Å²) in [4.78, 5) is 21.3. The molecule has 1 aliphatic rings. The number of amides is 1. The maximum Gasteiger partial charge on any atom is 0.230 e. The molecule has 1 amide bonds. The molecule has 126 valence electrons. The van der Waals surface area contributed by atoms with Crippen LogP contribution in [-0.2, 0) is 16.8 Å². The summed E-state index contributed by atoms with van der Waals surface area (Å²) in [6, 6.07) is 9.72. The third-order valence-electron chi connectivity index (χ3n) is 4.53. The van der Waals surface area contributed by atoms with Crippen molar-refractivity contribution in [3.05, 3.63) is 72.1 Å². The summed E-state index contributed by atoms with van der Waals surface area (Å²) in [6.07, 6.45) is 6.26. The lowest BCUT2D eigenvalue weighted by molar-refractivity contribution is -0.123. The number of hydrogen-bond donors (Lipinski definition) is 1. The van der Waals surface area contributed by atoms with Gasteiger partial charge in [-0.2, -0.15) is 0 Å². The van der Waals surface area contributed by atoms with Crippen LogP contribution in [0.4, 0.5) is 4.39 Å². The van der Waals surface area contributed by atoms with Gasteiger partial charge in [-0.05, 0) is 42.7 Å². The number of hydrogen-bond acceptors (Lipinski definition) is 4. The maximum absolute atomic E-state index is 13.1. The summed E-state index contributed by atoms with van der Waals surface area (Å²) in [5.41, 5.74) is 1.54. The van der Waals surface area contributed by atoms with E-state index in [2.05, 4.69) is 15.3 Å². The van der Waals surface area contributed by atoms with Gasteiger partial charge in [0, 0.05) is 12.4 Å². The Bertz CT molecular complexity index is 887. The number of aromatic nitrogens is 2. The first-order valence-electron chi connectivity index (χ1n) is 8.07. The monoisotopic (exact) mass is 337 g/mol. The molecule has 0 spiro atoms. The summed E-state index contributed by atoms with van der Waals surface area (Å²) in [5, 5.41) is 2.94. The number of rotatable bonds is 5. The normalized spacial score (nSPS) is 14.9. The Morgan fingerprint density at radius 1 is 1.16 bits per heavy atom. The molecule has 25 heavy (non-hydrogen) atoms. The smallest absolute Gasteiger partial charge is 0.230 e. The van der Waals surface area contributed by atoms with E-state index in [1.54, 1.807) is 42.9 Å². The third kappa shape index (κ3) is 2.91. The Kier molecular flexibility index (Phi) is 3.80. The fourth-order valence-electron chi connectivity index (χ4n) is 2.99. The molecule has 4 rings (SSSR count). The highest BCUT2D eigenvalue weighted by Crippen LogP contribution is 2.48. The summed E-state index contributed by atoms with van der Waals surface area (Å²) in [6.45, 7) is 0.256. The molecule has 0 bridgehead atoms.